The van der Waals surface area contributed by atoms with Crippen molar-refractivity contribution < 1.29 is 33.8 Å². The summed E-state index contributed by atoms with van der Waals surface area (Å²) in [5.41, 5.74) is 0.858. The van der Waals surface area contributed by atoms with Gasteiger partial charge in [0.05, 0.1) is 23.9 Å². The van der Waals surface area contributed by atoms with Gasteiger partial charge in [0.25, 0.3) is 5.08 Å². The molecule has 12 heteroatoms. The van der Waals surface area contributed by atoms with Gasteiger partial charge in [-0.3, -0.25) is 9.13 Å². The van der Waals surface area contributed by atoms with E-state index in [9.17, 15) is 14.2 Å². The molecule has 0 amide bonds. The molecule has 21 heavy (non-hydrogen) atoms. The lowest BCUT2D eigenvalue weighted by Crippen LogP contribution is -2.33. The Morgan fingerprint density at radius 1 is 1.19 bits per heavy atom. The second-order valence-corrected chi connectivity index (χ2v) is 9.62. The van der Waals surface area contributed by atoms with Crippen LogP contribution < -0.4 is 0 Å². The Bertz CT molecular complexity index is 757. The van der Waals surface area contributed by atoms with E-state index in [1.54, 1.807) is 18.2 Å². The maximum atomic E-state index is 11.3. The number of halogens is 1. The van der Waals surface area contributed by atoms with Crippen molar-refractivity contribution in [2.75, 3.05) is 0 Å². The number of imidazole rings is 1. The van der Waals surface area contributed by atoms with E-state index < -0.39 is 26.8 Å². The maximum absolute atomic E-state index is 11.3. The molecule has 0 fully saturated rings. The number of hydrogen-bond acceptors (Lipinski definition) is 4. The number of benzene rings is 1. The van der Waals surface area contributed by atoms with Crippen molar-refractivity contribution in [3.05, 3.63) is 28.1 Å². The van der Waals surface area contributed by atoms with Crippen LogP contribution >= 0.6 is 37.8 Å². The summed E-state index contributed by atoms with van der Waals surface area (Å²) in [7, 11) is -11.0. The molecule has 1 heterocycles. The summed E-state index contributed by atoms with van der Waals surface area (Å²) in [6.45, 7) is -0.987. The van der Waals surface area contributed by atoms with E-state index in [0.717, 1.165) is 14.5 Å². The van der Waals surface area contributed by atoms with Gasteiger partial charge < -0.3 is 29.2 Å². The number of rotatable bonds is 4. The monoisotopic (exact) mass is 448 g/mol. The maximum Gasteiger partial charge on any atom is 0.371 e. The van der Waals surface area contributed by atoms with Crippen molar-refractivity contribution in [1.29, 1.82) is 0 Å². The van der Waals surface area contributed by atoms with Gasteiger partial charge in [-0.05, 0) is 40.8 Å². The second kappa shape index (κ2) is 5.39. The summed E-state index contributed by atoms with van der Waals surface area (Å²) in [6, 6.07) is 4.94. The molecule has 0 saturated carbocycles. The predicted molar refractivity (Wildman–Crippen MR) is 81.5 cm³/mol. The van der Waals surface area contributed by atoms with Gasteiger partial charge in [0.2, 0.25) is 0 Å². The van der Waals surface area contributed by atoms with Crippen molar-refractivity contribution in [2.24, 2.45) is 0 Å². The summed E-state index contributed by atoms with van der Waals surface area (Å²) < 4.78 is 24.6. The van der Waals surface area contributed by atoms with E-state index in [0.29, 0.717) is 11.0 Å². The SMILES string of the molecule is O=P(O)(O)C(O)(Cn1cnc2cc(I)ccc21)P(=O)(O)O. The molecule has 0 unspecified atom stereocenters. The van der Waals surface area contributed by atoms with Crippen LogP contribution in [0, 0.1) is 3.57 Å². The van der Waals surface area contributed by atoms with Crippen molar-refractivity contribution in [3.63, 3.8) is 0 Å². The summed E-state index contributed by atoms with van der Waals surface area (Å²) in [5, 5.41) is 6.39. The lowest BCUT2D eigenvalue weighted by atomic mass is 10.3. The van der Waals surface area contributed by atoms with Crippen LogP contribution in [-0.4, -0.2) is 39.3 Å². The van der Waals surface area contributed by atoms with E-state index >= 15 is 0 Å². The molecule has 2 rings (SSSR count). The molecule has 1 aromatic carbocycles. The lowest BCUT2D eigenvalue weighted by Gasteiger charge is -2.29. The first-order valence-electron chi connectivity index (χ1n) is 5.40. The third-order valence-electron chi connectivity index (χ3n) is 2.90. The van der Waals surface area contributed by atoms with Crippen LogP contribution in [0.3, 0.4) is 0 Å². The van der Waals surface area contributed by atoms with Crippen LogP contribution in [0.4, 0.5) is 0 Å². The van der Waals surface area contributed by atoms with Gasteiger partial charge in [0.15, 0.2) is 0 Å². The Hall–Kier alpha value is -0.320. The molecule has 0 aliphatic carbocycles. The minimum atomic E-state index is -5.50. The highest BCUT2D eigenvalue weighted by Gasteiger charge is 2.59. The van der Waals surface area contributed by atoms with E-state index in [1.165, 1.54) is 0 Å². The summed E-state index contributed by atoms with van der Waals surface area (Å²) >= 11 is 2.04. The zero-order chi connectivity index (χ0) is 16.1. The summed E-state index contributed by atoms with van der Waals surface area (Å²) in [4.78, 5) is 40.5. The highest BCUT2D eigenvalue weighted by Crippen LogP contribution is 2.68. The summed E-state index contributed by atoms with van der Waals surface area (Å²) in [5.74, 6) is 0. The van der Waals surface area contributed by atoms with Gasteiger partial charge in [-0.25, -0.2) is 4.98 Å². The fourth-order valence-corrected chi connectivity index (χ4v) is 4.25. The van der Waals surface area contributed by atoms with Crippen molar-refractivity contribution in [1.82, 2.24) is 9.55 Å². The van der Waals surface area contributed by atoms with Crippen LogP contribution in [-0.2, 0) is 15.7 Å². The minimum Gasteiger partial charge on any atom is -0.366 e. The molecule has 0 bridgehead atoms. The number of fused-ring (bicyclic) bond motifs is 1. The second-order valence-electron chi connectivity index (χ2n) is 4.37. The largest absolute Gasteiger partial charge is 0.371 e. The van der Waals surface area contributed by atoms with Crippen LogP contribution in [0.15, 0.2) is 24.5 Å². The molecule has 0 atom stereocenters. The van der Waals surface area contributed by atoms with Crippen molar-refractivity contribution >= 4 is 48.8 Å². The van der Waals surface area contributed by atoms with Gasteiger partial charge >= 0.3 is 15.2 Å². The molecule has 5 N–H and O–H groups in total. The molecule has 0 radical (unpaired) electrons. The highest BCUT2D eigenvalue weighted by atomic mass is 127. The minimum absolute atomic E-state index is 0.385. The Labute approximate surface area is 132 Å². The van der Waals surface area contributed by atoms with E-state index in [4.69, 9.17) is 19.6 Å². The van der Waals surface area contributed by atoms with E-state index in [2.05, 4.69) is 4.98 Å². The lowest BCUT2D eigenvalue weighted by molar-refractivity contribution is 0.116. The van der Waals surface area contributed by atoms with Gasteiger partial charge in [-0.2, -0.15) is 0 Å². The topological polar surface area (TPSA) is 153 Å². The number of nitrogens with zero attached hydrogens (tertiary/aromatic N) is 2. The van der Waals surface area contributed by atoms with Gasteiger partial charge in [-0.1, -0.05) is 0 Å². The van der Waals surface area contributed by atoms with Crippen LogP contribution in [0.25, 0.3) is 11.0 Å². The first-order valence-corrected chi connectivity index (χ1v) is 9.70. The Morgan fingerprint density at radius 2 is 1.76 bits per heavy atom. The smallest absolute Gasteiger partial charge is 0.366 e. The molecule has 0 saturated heterocycles. The number of hydrogen-bond donors (Lipinski definition) is 5. The van der Waals surface area contributed by atoms with Gasteiger partial charge in [0, 0.05) is 3.57 Å². The van der Waals surface area contributed by atoms with Gasteiger partial charge in [-0.15, -0.1) is 0 Å². The fourth-order valence-electron chi connectivity index (χ4n) is 1.75. The predicted octanol–water partition coefficient (Wildman–Crippen LogP) is 0.642. The first kappa shape index (κ1) is 17.0. The molecule has 2 aromatic rings. The normalized spacial score (nSPS) is 13.8. The molecular formula is C9H11IN2O7P2. The zero-order valence-electron chi connectivity index (χ0n) is 10.2. The average molecular weight is 448 g/mol. The molecule has 9 nitrogen and oxygen atoms in total. The molecule has 0 spiro atoms. The highest BCUT2D eigenvalue weighted by molar-refractivity contribution is 14.1. The molecule has 1 aromatic heterocycles. The third kappa shape index (κ3) is 3.08. The van der Waals surface area contributed by atoms with E-state index in [-0.39, 0.29) is 0 Å². The quantitative estimate of drug-likeness (QED) is 0.338. The van der Waals surface area contributed by atoms with Gasteiger partial charge in [0.1, 0.15) is 0 Å². The Morgan fingerprint density at radius 3 is 2.29 bits per heavy atom. The number of aliphatic hydroxyl groups is 1. The van der Waals surface area contributed by atoms with E-state index in [1.807, 2.05) is 22.6 Å². The molecular weight excluding hydrogens is 437 g/mol. The van der Waals surface area contributed by atoms with Crippen LogP contribution in [0.1, 0.15) is 0 Å². The van der Waals surface area contributed by atoms with Crippen molar-refractivity contribution in [3.8, 4) is 0 Å². The van der Waals surface area contributed by atoms with Crippen molar-refractivity contribution in [2.45, 2.75) is 11.6 Å². The molecule has 0 aliphatic heterocycles. The molecule has 116 valence electrons. The number of aromatic nitrogens is 2. The molecule has 0 aliphatic rings. The van der Waals surface area contributed by atoms with Crippen LogP contribution in [0.5, 0.6) is 0 Å². The average Bonchev–Trinajstić information content (AvgIpc) is 2.68. The zero-order valence-corrected chi connectivity index (χ0v) is 14.2. The first-order chi connectivity index (χ1) is 9.46. The standard InChI is InChI=1S/C9H11IN2O7P2/c10-6-1-2-8-7(3-6)11-5-12(8)4-9(13,20(14,15)16)21(17,18)19/h1-3,5,13H,4H2,(H2,14,15,16)(H2,17,18,19). The Kier molecular flexibility index (Phi) is 4.38. The fraction of sp³-hybridized carbons (Fsp3) is 0.222. The van der Waals surface area contributed by atoms with Crippen LogP contribution in [0.2, 0.25) is 0 Å². The Balaban J connectivity index is 2.55. The third-order valence-corrected chi connectivity index (χ3v) is 7.28. The summed E-state index contributed by atoms with van der Waals surface area (Å²) in [6.07, 6.45) is 1.15.